The van der Waals surface area contributed by atoms with Crippen LogP contribution in [0.3, 0.4) is 0 Å². The van der Waals surface area contributed by atoms with Crippen LogP contribution in [-0.2, 0) is 0 Å². The fourth-order valence-corrected chi connectivity index (χ4v) is 1.98. The number of aromatic nitrogens is 2. The van der Waals surface area contributed by atoms with Gasteiger partial charge in [-0.25, -0.2) is 18.7 Å². The fourth-order valence-electron chi connectivity index (χ4n) is 1.74. The second kappa shape index (κ2) is 6.26. The van der Waals surface area contributed by atoms with Crippen LogP contribution in [0.4, 0.5) is 14.5 Å². The molecule has 0 atom stereocenters. The molecule has 4 nitrogen and oxygen atoms in total. The van der Waals surface area contributed by atoms with Crippen LogP contribution >= 0.6 is 15.9 Å². The van der Waals surface area contributed by atoms with Gasteiger partial charge in [0.15, 0.2) is 0 Å². The van der Waals surface area contributed by atoms with Crippen molar-refractivity contribution in [2.45, 2.75) is 20.3 Å². The van der Waals surface area contributed by atoms with Gasteiger partial charge in [-0.15, -0.1) is 0 Å². The van der Waals surface area contributed by atoms with Crippen molar-refractivity contribution in [1.82, 2.24) is 9.97 Å². The molecule has 1 aromatic heterocycles. The van der Waals surface area contributed by atoms with E-state index in [4.69, 9.17) is 0 Å². The minimum absolute atomic E-state index is 0.0848. The first-order chi connectivity index (χ1) is 9.86. The molecule has 0 saturated heterocycles. The summed E-state index contributed by atoms with van der Waals surface area (Å²) < 4.78 is 26.3. The van der Waals surface area contributed by atoms with Crippen molar-refractivity contribution in [3.05, 3.63) is 51.5 Å². The predicted molar refractivity (Wildman–Crippen MR) is 78.6 cm³/mol. The molecule has 0 unspecified atom stereocenters. The zero-order valence-electron chi connectivity index (χ0n) is 11.3. The smallest absolute Gasteiger partial charge is 0.280 e. The Kier molecular flexibility index (Phi) is 4.62. The van der Waals surface area contributed by atoms with Gasteiger partial charge in [-0.1, -0.05) is 15.9 Å². The molecule has 7 heteroatoms. The summed E-state index contributed by atoms with van der Waals surface area (Å²) in [5.41, 5.74) is 0.966. The Morgan fingerprint density at radius 1 is 1.24 bits per heavy atom. The first kappa shape index (κ1) is 15.5. The van der Waals surface area contributed by atoms with E-state index in [1.165, 1.54) is 6.92 Å². The third kappa shape index (κ3) is 3.81. The highest BCUT2D eigenvalue weighted by atomic mass is 79.9. The van der Waals surface area contributed by atoms with E-state index < -0.39 is 18.0 Å². The molecule has 21 heavy (non-hydrogen) atoms. The molecule has 2 aromatic rings. The van der Waals surface area contributed by atoms with E-state index in [2.05, 4.69) is 31.2 Å². The molecule has 1 heterocycles. The van der Waals surface area contributed by atoms with E-state index in [-0.39, 0.29) is 11.5 Å². The maximum absolute atomic E-state index is 12.7. The van der Waals surface area contributed by atoms with Gasteiger partial charge in [-0.3, -0.25) is 4.79 Å². The van der Waals surface area contributed by atoms with Crippen molar-refractivity contribution in [3.63, 3.8) is 0 Å². The number of halogens is 3. The minimum Gasteiger partial charge on any atom is -0.321 e. The van der Waals surface area contributed by atoms with Gasteiger partial charge in [0.05, 0.1) is 0 Å². The van der Waals surface area contributed by atoms with Crippen LogP contribution in [0.2, 0.25) is 0 Å². The molecule has 0 aliphatic rings. The van der Waals surface area contributed by atoms with E-state index in [1.54, 1.807) is 18.2 Å². The maximum Gasteiger partial charge on any atom is 0.280 e. The number of aryl methyl sites for hydroxylation is 2. The number of rotatable bonds is 3. The minimum atomic E-state index is -2.74. The lowest BCUT2D eigenvalue weighted by molar-refractivity contribution is 0.102. The highest BCUT2D eigenvalue weighted by Gasteiger charge is 2.16. The highest BCUT2D eigenvalue weighted by molar-refractivity contribution is 9.10. The first-order valence-electron chi connectivity index (χ1n) is 6.08. The summed E-state index contributed by atoms with van der Waals surface area (Å²) in [5.74, 6) is -0.422. The molecule has 2 rings (SSSR count). The largest absolute Gasteiger partial charge is 0.321 e. The van der Waals surface area contributed by atoms with E-state index in [1.807, 2.05) is 6.92 Å². The number of benzene rings is 1. The van der Waals surface area contributed by atoms with Crippen molar-refractivity contribution >= 4 is 27.5 Å². The molecular weight excluding hydrogens is 344 g/mol. The molecule has 0 aliphatic heterocycles. The van der Waals surface area contributed by atoms with E-state index in [0.29, 0.717) is 5.69 Å². The summed E-state index contributed by atoms with van der Waals surface area (Å²) in [6, 6.07) is 6.26. The monoisotopic (exact) mass is 355 g/mol. The lowest BCUT2D eigenvalue weighted by Gasteiger charge is -2.08. The molecule has 0 spiro atoms. The number of nitrogens with zero attached hydrogens (tertiary/aromatic N) is 2. The Bertz CT molecular complexity index is 692. The number of hydrogen-bond acceptors (Lipinski definition) is 3. The van der Waals surface area contributed by atoms with Crippen LogP contribution in [0.5, 0.6) is 0 Å². The molecule has 1 amide bonds. The number of carbonyl (C=O) groups is 1. The van der Waals surface area contributed by atoms with Gasteiger partial charge in [0.25, 0.3) is 12.3 Å². The molecule has 110 valence electrons. The third-order valence-corrected chi connectivity index (χ3v) is 3.62. The number of amides is 1. The second-order valence-corrected chi connectivity index (χ2v) is 5.30. The Morgan fingerprint density at radius 3 is 2.57 bits per heavy atom. The Labute approximate surface area is 128 Å². The zero-order valence-corrected chi connectivity index (χ0v) is 12.9. The predicted octanol–water partition coefficient (Wildman–Crippen LogP) is 4.05. The van der Waals surface area contributed by atoms with Gasteiger partial charge in [0.1, 0.15) is 17.2 Å². The molecular formula is C14H12BrF2N3O. The van der Waals surface area contributed by atoms with Crippen molar-refractivity contribution in [2.75, 3.05) is 5.32 Å². The Hall–Kier alpha value is -1.89. The summed E-state index contributed by atoms with van der Waals surface area (Å²) in [6.07, 6.45) is -2.74. The maximum atomic E-state index is 12.7. The van der Waals surface area contributed by atoms with Crippen LogP contribution in [0.25, 0.3) is 0 Å². The van der Waals surface area contributed by atoms with E-state index in [0.717, 1.165) is 16.1 Å². The lowest BCUT2D eigenvalue weighted by Crippen LogP contribution is -2.15. The summed E-state index contributed by atoms with van der Waals surface area (Å²) in [6.45, 7) is 3.34. The number of hydrogen-bond donors (Lipinski definition) is 1. The van der Waals surface area contributed by atoms with Crippen LogP contribution in [-0.4, -0.2) is 15.9 Å². The molecule has 0 fully saturated rings. The normalized spacial score (nSPS) is 10.8. The van der Waals surface area contributed by atoms with Crippen molar-refractivity contribution in [2.24, 2.45) is 0 Å². The van der Waals surface area contributed by atoms with Crippen molar-refractivity contribution < 1.29 is 13.6 Å². The summed E-state index contributed by atoms with van der Waals surface area (Å²) in [7, 11) is 0. The number of nitrogens with one attached hydrogen (secondary N) is 1. The molecule has 0 saturated carbocycles. The van der Waals surface area contributed by atoms with Crippen LogP contribution in [0.1, 0.15) is 34.0 Å². The quantitative estimate of drug-likeness (QED) is 0.903. The van der Waals surface area contributed by atoms with Crippen LogP contribution < -0.4 is 5.32 Å². The van der Waals surface area contributed by atoms with Gasteiger partial charge in [-0.2, -0.15) is 0 Å². The van der Waals surface area contributed by atoms with Gasteiger partial charge in [0, 0.05) is 10.2 Å². The Balaban J connectivity index is 2.25. The van der Waals surface area contributed by atoms with Gasteiger partial charge >= 0.3 is 0 Å². The molecule has 1 aromatic carbocycles. The highest BCUT2D eigenvalue weighted by Crippen LogP contribution is 2.21. The Morgan fingerprint density at radius 2 is 1.95 bits per heavy atom. The molecule has 1 N–H and O–H groups in total. The van der Waals surface area contributed by atoms with Crippen molar-refractivity contribution in [1.29, 1.82) is 0 Å². The second-order valence-electron chi connectivity index (χ2n) is 4.44. The zero-order chi connectivity index (χ0) is 15.6. The molecule has 0 radical (unpaired) electrons. The fraction of sp³-hybridized carbons (Fsp3) is 0.214. The van der Waals surface area contributed by atoms with Gasteiger partial charge in [-0.05, 0) is 43.7 Å². The first-order valence-corrected chi connectivity index (χ1v) is 6.87. The number of alkyl halides is 2. The summed E-state index contributed by atoms with van der Waals surface area (Å²) >= 11 is 3.36. The molecule has 0 bridgehead atoms. The topological polar surface area (TPSA) is 54.9 Å². The van der Waals surface area contributed by atoms with Crippen molar-refractivity contribution in [3.8, 4) is 0 Å². The third-order valence-electron chi connectivity index (χ3n) is 2.73. The van der Waals surface area contributed by atoms with E-state index in [9.17, 15) is 13.6 Å². The van der Waals surface area contributed by atoms with Crippen LogP contribution in [0.15, 0.2) is 28.7 Å². The van der Waals surface area contributed by atoms with Gasteiger partial charge < -0.3 is 5.32 Å². The average molecular weight is 356 g/mol. The summed E-state index contributed by atoms with van der Waals surface area (Å²) in [4.78, 5) is 19.6. The lowest BCUT2D eigenvalue weighted by atomic mass is 10.2. The van der Waals surface area contributed by atoms with E-state index >= 15 is 0 Å². The van der Waals surface area contributed by atoms with Crippen LogP contribution in [0, 0.1) is 13.8 Å². The number of anilines is 1. The molecule has 0 aliphatic carbocycles. The number of carbonyl (C=O) groups excluding carboxylic acids is 1. The standard InChI is InChI=1S/C14H12BrF2N3O/c1-7-5-9(3-4-10(7)15)20-14(21)12-6-11(13(16)17)18-8(2)19-12/h3-6,13H,1-2H3,(H,20,21). The van der Waals surface area contributed by atoms with Gasteiger partial charge in [0.2, 0.25) is 0 Å². The SMILES string of the molecule is Cc1nc(C(=O)Nc2ccc(Br)c(C)c2)cc(C(F)F)n1. The summed E-state index contributed by atoms with van der Waals surface area (Å²) in [5, 5.41) is 2.62. The average Bonchev–Trinajstić information content (AvgIpc) is 2.42.